The lowest BCUT2D eigenvalue weighted by molar-refractivity contribution is 0.101. The van der Waals surface area contributed by atoms with Gasteiger partial charge >= 0.3 is 0 Å². The predicted molar refractivity (Wildman–Crippen MR) is 69.5 cm³/mol. The Morgan fingerprint density at radius 2 is 2.16 bits per heavy atom. The minimum absolute atomic E-state index is 0.0770. The van der Waals surface area contributed by atoms with Gasteiger partial charge in [-0.3, -0.25) is 14.8 Å². The normalized spacial score (nSPS) is 10.3. The van der Waals surface area contributed by atoms with Crippen molar-refractivity contribution < 1.29 is 9.53 Å². The van der Waals surface area contributed by atoms with Crippen LogP contribution in [0, 0.1) is 6.92 Å². The van der Waals surface area contributed by atoms with E-state index in [1.54, 1.807) is 20.0 Å². The average molecular weight is 282 g/mol. The molecule has 2 aromatic rings. The van der Waals surface area contributed by atoms with Crippen molar-refractivity contribution in [3.63, 3.8) is 0 Å². The van der Waals surface area contributed by atoms with Crippen LogP contribution in [0.25, 0.3) is 0 Å². The molecule has 7 nitrogen and oxygen atoms in total. The van der Waals surface area contributed by atoms with Crippen molar-refractivity contribution in [3.8, 4) is 5.88 Å². The second kappa shape index (κ2) is 5.23. The number of carbonyl (C=O) groups excluding carboxylic acids is 1. The van der Waals surface area contributed by atoms with E-state index in [0.29, 0.717) is 5.69 Å². The zero-order valence-corrected chi connectivity index (χ0v) is 11.4. The quantitative estimate of drug-likeness (QED) is 0.861. The molecule has 0 saturated carbocycles. The van der Waals surface area contributed by atoms with Crippen molar-refractivity contribution in [2.24, 2.45) is 7.05 Å². The number of nitrogens with one attached hydrogen (secondary N) is 1. The lowest BCUT2D eigenvalue weighted by Gasteiger charge is -2.05. The van der Waals surface area contributed by atoms with E-state index in [-0.39, 0.29) is 22.9 Å². The maximum Gasteiger partial charge on any atom is 0.276 e. The molecule has 2 aromatic heterocycles. The van der Waals surface area contributed by atoms with Crippen LogP contribution in [0.4, 0.5) is 5.95 Å². The highest BCUT2D eigenvalue weighted by molar-refractivity contribution is 6.29. The second-order valence-corrected chi connectivity index (χ2v) is 4.19. The monoisotopic (exact) mass is 281 g/mol. The topological polar surface area (TPSA) is 81.9 Å². The molecule has 2 rings (SSSR count). The van der Waals surface area contributed by atoms with E-state index in [2.05, 4.69) is 20.4 Å². The Morgan fingerprint density at radius 3 is 2.74 bits per heavy atom. The molecule has 0 radical (unpaired) electrons. The van der Waals surface area contributed by atoms with Gasteiger partial charge in [-0.2, -0.15) is 10.1 Å². The number of ether oxygens (including phenoxy) is 1. The first-order valence-corrected chi connectivity index (χ1v) is 5.78. The minimum Gasteiger partial charge on any atom is -0.481 e. The van der Waals surface area contributed by atoms with Crippen LogP contribution in [-0.2, 0) is 7.05 Å². The Balaban J connectivity index is 2.23. The van der Waals surface area contributed by atoms with Crippen molar-refractivity contribution >= 4 is 23.5 Å². The fourth-order valence-electron chi connectivity index (χ4n) is 1.55. The Labute approximate surface area is 114 Å². The third kappa shape index (κ3) is 3.00. The molecule has 0 spiro atoms. The van der Waals surface area contributed by atoms with Gasteiger partial charge in [-0.1, -0.05) is 11.6 Å². The second-order valence-electron chi connectivity index (χ2n) is 3.81. The number of hydrogen-bond donors (Lipinski definition) is 1. The molecule has 0 atom stereocenters. The summed E-state index contributed by atoms with van der Waals surface area (Å²) in [6.07, 6.45) is 0. The Morgan fingerprint density at radius 1 is 1.42 bits per heavy atom. The Hall–Kier alpha value is -2.15. The molecule has 0 saturated heterocycles. The molecule has 0 aliphatic heterocycles. The number of methoxy groups -OCH3 is 1. The van der Waals surface area contributed by atoms with Gasteiger partial charge in [0.2, 0.25) is 11.8 Å². The van der Waals surface area contributed by atoms with Gasteiger partial charge in [0.25, 0.3) is 5.91 Å². The maximum atomic E-state index is 12.0. The van der Waals surface area contributed by atoms with E-state index in [4.69, 9.17) is 16.3 Å². The number of aryl methyl sites for hydroxylation is 2. The van der Waals surface area contributed by atoms with Gasteiger partial charge in [-0.25, -0.2) is 4.98 Å². The molecular weight excluding hydrogens is 270 g/mol. The molecule has 19 heavy (non-hydrogen) atoms. The van der Waals surface area contributed by atoms with Gasteiger partial charge in [0.15, 0.2) is 0 Å². The van der Waals surface area contributed by atoms with E-state index in [1.165, 1.54) is 17.9 Å². The molecule has 1 amide bonds. The van der Waals surface area contributed by atoms with E-state index in [1.807, 2.05) is 0 Å². The van der Waals surface area contributed by atoms with Crippen LogP contribution in [0.3, 0.4) is 0 Å². The van der Waals surface area contributed by atoms with Gasteiger partial charge < -0.3 is 4.74 Å². The smallest absolute Gasteiger partial charge is 0.276 e. The number of halogens is 1. The van der Waals surface area contributed by atoms with E-state index in [0.717, 1.165) is 5.69 Å². The first-order chi connectivity index (χ1) is 8.99. The zero-order valence-electron chi connectivity index (χ0n) is 10.6. The predicted octanol–water partition coefficient (Wildman–Crippen LogP) is 1.43. The van der Waals surface area contributed by atoms with Crippen molar-refractivity contribution in [3.05, 3.63) is 28.7 Å². The molecule has 1 N–H and O–H groups in total. The zero-order chi connectivity index (χ0) is 14.0. The lowest BCUT2D eigenvalue weighted by atomic mass is 10.3. The molecule has 0 aromatic carbocycles. The molecule has 0 fully saturated rings. The van der Waals surface area contributed by atoms with Crippen molar-refractivity contribution in [1.82, 2.24) is 19.7 Å². The van der Waals surface area contributed by atoms with E-state index in [9.17, 15) is 4.79 Å². The number of aromatic nitrogens is 4. The summed E-state index contributed by atoms with van der Waals surface area (Å²) in [5.74, 6) is -0.0166. The summed E-state index contributed by atoms with van der Waals surface area (Å²) in [5.41, 5.74) is 1.15. The van der Waals surface area contributed by atoms with Gasteiger partial charge in [0, 0.05) is 13.1 Å². The lowest BCUT2D eigenvalue weighted by Crippen LogP contribution is -2.17. The highest BCUT2D eigenvalue weighted by atomic mass is 35.5. The first kappa shape index (κ1) is 13.3. The van der Waals surface area contributed by atoms with Crippen LogP contribution in [0.1, 0.15) is 16.2 Å². The van der Waals surface area contributed by atoms with Crippen LogP contribution in [0.5, 0.6) is 5.88 Å². The fourth-order valence-corrected chi connectivity index (χ4v) is 1.72. The summed E-state index contributed by atoms with van der Waals surface area (Å²) in [5, 5.41) is 6.81. The third-order valence-corrected chi connectivity index (χ3v) is 2.53. The number of nitrogens with zero attached hydrogens (tertiary/aromatic N) is 4. The van der Waals surface area contributed by atoms with Gasteiger partial charge in [-0.05, 0) is 13.0 Å². The number of carbonyl (C=O) groups is 1. The van der Waals surface area contributed by atoms with Crippen molar-refractivity contribution in [1.29, 1.82) is 0 Å². The van der Waals surface area contributed by atoms with Gasteiger partial charge in [0.1, 0.15) is 10.8 Å². The van der Waals surface area contributed by atoms with Crippen LogP contribution in [0.2, 0.25) is 5.15 Å². The van der Waals surface area contributed by atoms with Gasteiger partial charge in [-0.15, -0.1) is 0 Å². The summed E-state index contributed by atoms with van der Waals surface area (Å²) in [6.45, 7) is 1.80. The minimum atomic E-state index is -0.368. The molecule has 0 bridgehead atoms. The van der Waals surface area contributed by atoms with Crippen molar-refractivity contribution in [2.75, 3.05) is 12.4 Å². The third-order valence-electron chi connectivity index (χ3n) is 2.34. The molecule has 0 aliphatic carbocycles. The first-order valence-electron chi connectivity index (χ1n) is 5.40. The SMILES string of the molecule is COc1cc(Cl)nc(NC(=O)c2cc(C)nn2C)n1. The number of hydrogen-bond acceptors (Lipinski definition) is 5. The largest absolute Gasteiger partial charge is 0.481 e. The van der Waals surface area contributed by atoms with Crippen LogP contribution >= 0.6 is 11.6 Å². The van der Waals surface area contributed by atoms with Crippen LogP contribution in [-0.4, -0.2) is 32.8 Å². The van der Waals surface area contributed by atoms with E-state index < -0.39 is 0 Å². The standard InChI is InChI=1S/C11H12ClN5O2/c1-6-4-7(17(2)16-6)10(18)15-11-13-8(12)5-9(14-11)19-3/h4-5H,1-3H3,(H,13,14,15,18). The molecule has 8 heteroatoms. The fraction of sp³-hybridized carbons (Fsp3) is 0.273. The summed E-state index contributed by atoms with van der Waals surface area (Å²) < 4.78 is 6.43. The molecule has 0 aliphatic rings. The van der Waals surface area contributed by atoms with Crippen LogP contribution in [0.15, 0.2) is 12.1 Å². The summed E-state index contributed by atoms with van der Waals surface area (Å²) in [6, 6.07) is 3.11. The average Bonchev–Trinajstić information content (AvgIpc) is 2.67. The highest BCUT2D eigenvalue weighted by Gasteiger charge is 2.14. The molecule has 100 valence electrons. The highest BCUT2D eigenvalue weighted by Crippen LogP contribution is 2.16. The number of anilines is 1. The molecule has 2 heterocycles. The van der Waals surface area contributed by atoms with Crippen LogP contribution < -0.4 is 10.1 Å². The maximum absolute atomic E-state index is 12.0. The van der Waals surface area contributed by atoms with E-state index >= 15 is 0 Å². The summed E-state index contributed by atoms with van der Waals surface area (Å²) in [7, 11) is 3.13. The molecular formula is C11H12ClN5O2. The molecule has 0 unspecified atom stereocenters. The summed E-state index contributed by atoms with van der Waals surface area (Å²) >= 11 is 5.79. The van der Waals surface area contributed by atoms with Crippen molar-refractivity contribution in [2.45, 2.75) is 6.92 Å². The van der Waals surface area contributed by atoms with Gasteiger partial charge in [0.05, 0.1) is 12.8 Å². The Bertz CT molecular complexity index is 626. The summed E-state index contributed by atoms with van der Waals surface area (Å²) in [4.78, 5) is 19.9. The number of rotatable bonds is 3. The number of amides is 1. The Kier molecular flexibility index (Phi) is 3.66.